The molecule has 1 heterocycles. The molecule has 0 bridgehead atoms. The summed E-state index contributed by atoms with van der Waals surface area (Å²) >= 11 is 0. The number of carboxylic acid groups (broad SMARTS) is 1. The van der Waals surface area contributed by atoms with E-state index in [0.29, 0.717) is 37.8 Å². The number of ether oxygens (including phenoxy) is 1. The van der Waals surface area contributed by atoms with Crippen molar-refractivity contribution < 1.29 is 23.8 Å². The minimum absolute atomic E-state index is 0.0529. The number of carboxylic acids is 1. The van der Waals surface area contributed by atoms with Crippen molar-refractivity contribution in [1.29, 1.82) is 0 Å². The molecule has 0 aliphatic rings. The molecule has 0 atom stereocenters. The maximum absolute atomic E-state index is 12.5. The van der Waals surface area contributed by atoms with Crippen LogP contribution < -0.4 is 0 Å². The molecule has 6 heteroatoms. The van der Waals surface area contributed by atoms with Crippen LogP contribution in [0.25, 0.3) is 0 Å². The lowest BCUT2D eigenvalue weighted by Gasteiger charge is -2.23. The van der Waals surface area contributed by atoms with Gasteiger partial charge in [-0.15, -0.1) is 0 Å². The molecule has 0 aliphatic heterocycles. The number of nitrogens with zero attached hydrogens (tertiary/aromatic N) is 1. The molecule has 1 amide bonds. The second-order valence-corrected chi connectivity index (χ2v) is 5.24. The fraction of sp³-hybridized carbons (Fsp3) is 0.600. The lowest BCUT2D eigenvalue weighted by Crippen LogP contribution is -2.36. The number of carbonyl (C=O) groups is 2. The number of amides is 1. The molecular weight excluding hydrogens is 274 g/mol. The fourth-order valence-corrected chi connectivity index (χ4v) is 2.05. The molecule has 1 aromatic heterocycles. The molecule has 1 aromatic rings. The maximum atomic E-state index is 12.5. The third-order valence-electron chi connectivity index (χ3n) is 3.01. The Balaban J connectivity index is 2.99. The van der Waals surface area contributed by atoms with E-state index in [2.05, 4.69) is 0 Å². The molecular formula is C15H23NO5. The van der Waals surface area contributed by atoms with E-state index >= 15 is 0 Å². The Morgan fingerprint density at radius 3 is 2.52 bits per heavy atom. The SMILES string of the molecule is CCc1oc(C(=O)N(CCOC)CC(C)C)cc1C(=O)O. The van der Waals surface area contributed by atoms with E-state index < -0.39 is 5.97 Å². The molecule has 6 nitrogen and oxygen atoms in total. The third-order valence-corrected chi connectivity index (χ3v) is 3.01. The lowest BCUT2D eigenvalue weighted by atomic mass is 10.2. The van der Waals surface area contributed by atoms with Gasteiger partial charge < -0.3 is 19.2 Å². The second-order valence-electron chi connectivity index (χ2n) is 5.24. The van der Waals surface area contributed by atoms with Crippen LogP contribution in [0.5, 0.6) is 0 Å². The van der Waals surface area contributed by atoms with Crippen molar-refractivity contribution in [3.05, 3.63) is 23.2 Å². The van der Waals surface area contributed by atoms with Gasteiger partial charge in [-0.3, -0.25) is 4.79 Å². The van der Waals surface area contributed by atoms with Crippen LogP contribution in [-0.2, 0) is 11.2 Å². The highest BCUT2D eigenvalue weighted by Gasteiger charge is 2.24. The Kier molecular flexibility index (Phi) is 6.42. The molecule has 1 rings (SSSR count). The molecule has 21 heavy (non-hydrogen) atoms. The van der Waals surface area contributed by atoms with Crippen LogP contribution in [0.15, 0.2) is 10.5 Å². The van der Waals surface area contributed by atoms with Gasteiger partial charge in [0, 0.05) is 32.7 Å². The van der Waals surface area contributed by atoms with E-state index in [0.717, 1.165) is 0 Å². The van der Waals surface area contributed by atoms with Crippen LogP contribution in [0.2, 0.25) is 0 Å². The highest BCUT2D eigenvalue weighted by Crippen LogP contribution is 2.18. The molecule has 118 valence electrons. The Morgan fingerprint density at radius 2 is 2.10 bits per heavy atom. The molecule has 0 fully saturated rings. The summed E-state index contributed by atoms with van der Waals surface area (Å²) in [4.78, 5) is 25.2. The van der Waals surface area contributed by atoms with Crippen molar-refractivity contribution in [2.24, 2.45) is 5.92 Å². The topological polar surface area (TPSA) is 80.0 Å². The molecule has 0 spiro atoms. The van der Waals surface area contributed by atoms with Crippen molar-refractivity contribution in [3.63, 3.8) is 0 Å². The number of aryl methyl sites for hydroxylation is 1. The summed E-state index contributed by atoms with van der Waals surface area (Å²) in [6, 6.07) is 1.31. The summed E-state index contributed by atoms with van der Waals surface area (Å²) in [5.74, 6) is -0.696. The van der Waals surface area contributed by atoms with Gasteiger partial charge in [0.1, 0.15) is 11.3 Å². The molecule has 0 aliphatic carbocycles. The fourth-order valence-electron chi connectivity index (χ4n) is 2.05. The van der Waals surface area contributed by atoms with Gasteiger partial charge in [0.2, 0.25) is 0 Å². The zero-order chi connectivity index (χ0) is 16.0. The minimum atomic E-state index is -1.08. The number of rotatable bonds is 8. The van der Waals surface area contributed by atoms with E-state index in [1.54, 1.807) is 18.9 Å². The summed E-state index contributed by atoms with van der Waals surface area (Å²) in [5, 5.41) is 9.11. The molecule has 0 unspecified atom stereocenters. The summed E-state index contributed by atoms with van der Waals surface area (Å²) in [7, 11) is 1.57. The van der Waals surface area contributed by atoms with Crippen molar-refractivity contribution >= 4 is 11.9 Å². The van der Waals surface area contributed by atoms with Crippen LogP contribution in [-0.4, -0.2) is 48.7 Å². The molecule has 0 saturated heterocycles. The van der Waals surface area contributed by atoms with E-state index in [1.807, 2.05) is 13.8 Å². The normalized spacial score (nSPS) is 10.9. The second kappa shape index (κ2) is 7.83. The molecule has 1 N–H and O–H groups in total. The van der Waals surface area contributed by atoms with Gasteiger partial charge in [-0.05, 0) is 5.92 Å². The Labute approximate surface area is 124 Å². The molecule has 0 aromatic carbocycles. The van der Waals surface area contributed by atoms with Gasteiger partial charge in [-0.1, -0.05) is 20.8 Å². The standard InChI is InChI=1S/C15H23NO5/c1-5-12-11(15(18)19)8-13(21-12)14(17)16(6-7-20-4)9-10(2)3/h8,10H,5-7,9H2,1-4H3,(H,18,19). The average molecular weight is 297 g/mol. The number of furan rings is 1. The number of aromatic carboxylic acids is 1. The van der Waals surface area contributed by atoms with Crippen LogP contribution in [0, 0.1) is 5.92 Å². The van der Waals surface area contributed by atoms with Gasteiger partial charge in [0.15, 0.2) is 5.76 Å². The van der Waals surface area contributed by atoms with Gasteiger partial charge in [-0.25, -0.2) is 4.79 Å². The predicted octanol–water partition coefficient (Wildman–Crippen LogP) is 2.28. The summed E-state index contributed by atoms with van der Waals surface area (Å²) in [5.41, 5.74) is 0.0529. The number of methoxy groups -OCH3 is 1. The quantitative estimate of drug-likeness (QED) is 0.796. The first-order valence-corrected chi connectivity index (χ1v) is 7.04. The minimum Gasteiger partial charge on any atom is -0.478 e. The van der Waals surface area contributed by atoms with Crippen molar-refractivity contribution in [3.8, 4) is 0 Å². The summed E-state index contributed by atoms with van der Waals surface area (Å²) < 4.78 is 10.4. The van der Waals surface area contributed by atoms with E-state index in [-0.39, 0.29) is 17.2 Å². The third kappa shape index (κ3) is 4.60. The van der Waals surface area contributed by atoms with Gasteiger partial charge >= 0.3 is 5.97 Å². The van der Waals surface area contributed by atoms with Crippen molar-refractivity contribution in [2.45, 2.75) is 27.2 Å². The van der Waals surface area contributed by atoms with Gasteiger partial charge in [0.05, 0.1) is 6.61 Å². The first kappa shape index (κ1) is 17.2. The largest absolute Gasteiger partial charge is 0.478 e. The van der Waals surface area contributed by atoms with E-state index in [4.69, 9.17) is 14.3 Å². The Bertz CT molecular complexity index is 492. The van der Waals surface area contributed by atoms with Crippen LogP contribution in [0.3, 0.4) is 0 Å². The molecule has 0 saturated carbocycles. The number of hydrogen-bond acceptors (Lipinski definition) is 4. The Morgan fingerprint density at radius 1 is 1.43 bits per heavy atom. The highest BCUT2D eigenvalue weighted by atomic mass is 16.5. The smallest absolute Gasteiger partial charge is 0.339 e. The zero-order valence-corrected chi connectivity index (χ0v) is 13.0. The van der Waals surface area contributed by atoms with Crippen LogP contribution in [0.1, 0.15) is 47.4 Å². The van der Waals surface area contributed by atoms with Gasteiger partial charge in [0.25, 0.3) is 5.91 Å². The van der Waals surface area contributed by atoms with Crippen LogP contribution in [0.4, 0.5) is 0 Å². The van der Waals surface area contributed by atoms with Crippen molar-refractivity contribution in [1.82, 2.24) is 4.90 Å². The monoisotopic (exact) mass is 297 g/mol. The van der Waals surface area contributed by atoms with Gasteiger partial charge in [-0.2, -0.15) is 0 Å². The number of carbonyl (C=O) groups excluding carboxylic acids is 1. The first-order chi connectivity index (χ1) is 9.90. The average Bonchev–Trinajstić information content (AvgIpc) is 2.86. The first-order valence-electron chi connectivity index (χ1n) is 7.04. The Hall–Kier alpha value is -1.82. The maximum Gasteiger partial charge on any atom is 0.339 e. The summed E-state index contributed by atoms with van der Waals surface area (Å²) in [6.45, 7) is 7.23. The zero-order valence-electron chi connectivity index (χ0n) is 13.0. The summed E-state index contributed by atoms with van der Waals surface area (Å²) in [6.07, 6.45) is 0.428. The van der Waals surface area contributed by atoms with Crippen LogP contribution >= 0.6 is 0 Å². The highest BCUT2D eigenvalue weighted by molar-refractivity contribution is 5.96. The van der Waals surface area contributed by atoms with E-state index in [9.17, 15) is 9.59 Å². The van der Waals surface area contributed by atoms with E-state index in [1.165, 1.54) is 6.07 Å². The lowest BCUT2D eigenvalue weighted by molar-refractivity contribution is 0.0638. The molecule has 0 radical (unpaired) electrons. The predicted molar refractivity (Wildman–Crippen MR) is 77.7 cm³/mol. The number of hydrogen-bond donors (Lipinski definition) is 1. The van der Waals surface area contributed by atoms with Crippen molar-refractivity contribution in [2.75, 3.05) is 26.8 Å².